The molecule has 3 heteroatoms. The molecule has 3 nitrogen and oxygen atoms in total. The fourth-order valence-corrected chi connectivity index (χ4v) is 0.675. The van der Waals surface area contributed by atoms with Gasteiger partial charge in [0, 0.05) is 0 Å². The largest absolute Gasteiger partial charge is 0.460 e. The second-order valence-electron chi connectivity index (χ2n) is 2.35. The van der Waals surface area contributed by atoms with E-state index < -0.39 is 11.8 Å². The van der Waals surface area contributed by atoms with Crippen LogP contribution in [0.2, 0.25) is 0 Å². The molecule has 0 aliphatic carbocycles. The zero-order valence-corrected chi connectivity index (χ0v) is 7.79. The lowest BCUT2D eigenvalue weighted by molar-refractivity contribution is -0.151. The Labute approximate surface area is 78.1 Å². The molecule has 0 rings (SSSR count). The predicted molar refractivity (Wildman–Crippen MR) is 50.2 cm³/mol. The van der Waals surface area contributed by atoms with Gasteiger partial charge in [-0.15, -0.1) is 6.58 Å². The fourth-order valence-electron chi connectivity index (χ4n) is 0.675. The molecule has 13 heavy (non-hydrogen) atoms. The molecule has 0 aromatic rings. The number of ether oxygens (including phenoxy) is 1. The van der Waals surface area contributed by atoms with Crippen molar-refractivity contribution < 1.29 is 14.3 Å². The zero-order chi connectivity index (χ0) is 10.1. The Morgan fingerprint density at radius 2 is 2.08 bits per heavy atom. The second-order valence-corrected chi connectivity index (χ2v) is 2.35. The highest BCUT2D eigenvalue weighted by atomic mass is 16.5. The van der Waals surface area contributed by atoms with Crippen LogP contribution in [0.1, 0.15) is 19.8 Å². The van der Waals surface area contributed by atoms with E-state index in [1.807, 2.05) is 0 Å². The smallest absolute Gasteiger partial charge is 0.378 e. The van der Waals surface area contributed by atoms with Gasteiger partial charge in [-0.3, -0.25) is 4.79 Å². The molecule has 0 radical (unpaired) electrons. The highest BCUT2D eigenvalue weighted by molar-refractivity contribution is 6.38. The zero-order valence-electron chi connectivity index (χ0n) is 7.79. The summed E-state index contributed by atoms with van der Waals surface area (Å²) in [7, 11) is 0. The number of carbonyl (C=O) groups is 2. The molecule has 0 saturated heterocycles. The minimum atomic E-state index is -0.794. The SMILES string of the molecule is C=CCC/C=C/C(=O)C(=O)OCC. The standard InChI is InChI=1S/C10H14O3/c1-3-5-6-7-8-9(11)10(12)13-4-2/h3,7-8H,1,4-6H2,2H3/b8-7+. The minimum Gasteiger partial charge on any atom is -0.460 e. The van der Waals surface area contributed by atoms with Crippen molar-refractivity contribution >= 4 is 11.8 Å². The number of rotatable bonds is 6. The van der Waals surface area contributed by atoms with Crippen LogP contribution >= 0.6 is 0 Å². The molecule has 0 N–H and O–H groups in total. The van der Waals surface area contributed by atoms with Crippen LogP contribution in [0.3, 0.4) is 0 Å². The summed E-state index contributed by atoms with van der Waals surface area (Å²) in [5, 5.41) is 0. The summed E-state index contributed by atoms with van der Waals surface area (Å²) in [6.45, 7) is 5.42. The van der Waals surface area contributed by atoms with Gasteiger partial charge in [-0.2, -0.15) is 0 Å². The van der Waals surface area contributed by atoms with Crippen LogP contribution in [0.5, 0.6) is 0 Å². The first kappa shape index (κ1) is 11.6. The van der Waals surface area contributed by atoms with E-state index in [1.54, 1.807) is 19.1 Å². The van der Waals surface area contributed by atoms with E-state index in [0.29, 0.717) is 6.42 Å². The van der Waals surface area contributed by atoms with Gasteiger partial charge in [-0.05, 0) is 25.8 Å². The molecular weight excluding hydrogens is 168 g/mol. The number of unbranched alkanes of at least 4 members (excludes halogenated alkanes) is 1. The lowest BCUT2D eigenvalue weighted by Gasteiger charge is -1.95. The van der Waals surface area contributed by atoms with Gasteiger partial charge in [0.25, 0.3) is 5.78 Å². The van der Waals surface area contributed by atoms with Gasteiger partial charge in [0.15, 0.2) is 0 Å². The van der Waals surface area contributed by atoms with Crippen molar-refractivity contribution in [1.29, 1.82) is 0 Å². The summed E-state index contributed by atoms with van der Waals surface area (Å²) >= 11 is 0. The highest BCUT2D eigenvalue weighted by Crippen LogP contribution is 1.92. The molecule has 0 heterocycles. The number of ketones is 1. The van der Waals surface area contributed by atoms with Crippen LogP contribution in [0.15, 0.2) is 24.8 Å². The number of hydrogen-bond acceptors (Lipinski definition) is 3. The van der Waals surface area contributed by atoms with Crippen LogP contribution in [0, 0.1) is 0 Å². The summed E-state index contributed by atoms with van der Waals surface area (Å²) in [6.07, 6.45) is 6.14. The van der Waals surface area contributed by atoms with Crippen LogP contribution in [0.4, 0.5) is 0 Å². The van der Waals surface area contributed by atoms with Crippen molar-refractivity contribution in [3.8, 4) is 0 Å². The van der Waals surface area contributed by atoms with Crippen molar-refractivity contribution in [3.05, 3.63) is 24.8 Å². The first-order valence-corrected chi connectivity index (χ1v) is 4.20. The van der Waals surface area contributed by atoms with Gasteiger partial charge in [0.2, 0.25) is 0 Å². The average Bonchev–Trinajstić information content (AvgIpc) is 2.12. The fraction of sp³-hybridized carbons (Fsp3) is 0.400. The summed E-state index contributed by atoms with van der Waals surface area (Å²) in [5.74, 6) is -1.40. The molecule has 0 unspecified atom stereocenters. The maximum absolute atomic E-state index is 10.9. The van der Waals surface area contributed by atoms with Crippen molar-refractivity contribution in [3.63, 3.8) is 0 Å². The lowest BCUT2D eigenvalue weighted by Crippen LogP contribution is -2.14. The van der Waals surface area contributed by atoms with Crippen molar-refractivity contribution in [2.45, 2.75) is 19.8 Å². The molecule has 0 spiro atoms. The Hall–Kier alpha value is -1.38. The third kappa shape index (κ3) is 5.84. The van der Waals surface area contributed by atoms with Gasteiger partial charge in [-0.25, -0.2) is 4.79 Å². The molecule has 0 atom stereocenters. The van der Waals surface area contributed by atoms with Gasteiger partial charge in [0.05, 0.1) is 6.61 Å². The predicted octanol–water partition coefficient (Wildman–Crippen LogP) is 1.64. The van der Waals surface area contributed by atoms with Crippen molar-refractivity contribution in [2.75, 3.05) is 6.61 Å². The van der Waals surface area contributed by atoms with E-state index in [0.717, 1.165) is 6.42 Å². The van der Waals surface area contributed by atoms with E-state index in [4.69, 9.17) is 0 Å². The van der Waals surface area contributed by atoms with E-state index >= 15 is 0 Å². The highest BCUT2D eigenvalue weighted by Gasteiger charge is 2.09. The van der Waals surface area contributed by atoms with Gasteiger partial charge < -0.3 is 4.74 Å². The molecule has 0 aliphatic rings. The Balaban J connectivity index is 3.78. The van der Waals surface area contributed by atoms with Gasteiger partial charge in [-0.1, -0.05) is 12.2 Å². The molecule has 0 aromatic heterocycles. The van der Waals surface area contributed by atoms with Crippen LogP contribution in [-0.2, 0) is 14.3 Å². The number of allylic oxidation sites excluding steroid dienone is 2. The Morgan fingerprint density at radius 3 is 2.62 bits per heavy atom. The minimum absolute atomic E-state index is 0.227. The van der Waals surface area contributed by atoms with Crippen molar-refractivity contribution in [1.82, 2.24) is 0 Å². The van der Waals surface area contributed by atoms with E-state index in [1.165, 1.54) is 6.08 Å². The summed E-state index contributed by atoms with van der Waals surface area (Å²) in [5.41, 5.74) is 0. The topological polar surface area (TPSA) is 43.4 Å². The molecule has 0 fully saturated rings. The summed E-state index contributed by atoms with van der Waals surface area (Å²) in [4.78, 5) is 21.7. The van der Waals surface area contributed by atoms with Crippen LogP contribution in [-0.4, -0.2) is 18.4 Å². The van der Waals surface area contributed by atoms with Crippen LogP contribution < -0.4 is 0 Å². The first-order valence-electron chi connectivity index (χ1n) is 4.20. The van der Waals surface area contributed by atoms with Crippen LogP contribution in [0.25, 0.3) is 0 Å². The molecule has 0 amide bonds. The number of carbonyl (C=O) groups excluding carboxylic acids is 2. The quantitative estimate of drug-likeness (QED) is 0.206. The number of esters is 1. The Bertz CT molecular complexity index is 216. The lowest BCUT2D eigenvalue weighted by atomic mass is 10.2. The molecule has 0 aromatic carbocycles. The first-order chi connectivity index (χ1) is 6.22. The van der Waals surface area contributed by atoms with Crippen molar-refractivity contribution in [2.24, 2.45) is 0 Å². The monoisotopic (exact) mass is 182 g/mol. The second kappa shape index (κ2) is 7.28. The third-order valence-corrected chi connectivity index (χ3v) is 1.28. The number of hydrogen-bond donors (Lipinski definition) is 0. The molecular formula is C10H14O3. The van der Waals surface area contributed by atoms with Gasteiger partial charge in [0.1, 0.15) is 0 Å². The molecule has 0 aliphatic heterocycles. The molecule has 72 valence electrons. The molecule has 0 saturated carbocycles. The van der Waals surface area contributed by atoms with E-state index in [-0.39, 0.29) is 6.61 Å². The summed E-state index contributed by atoms with van der Waals surface area (Å²) < 4.78 is 4.50. The Morgan fingerprint density at radius 1 is 1.38 bits per heavy atom. The third-order valence-electron chi connectivity index (χ3n) is 1.28. The maximum Gasteiger partial charge on any atom is 0.378 e. The van der Waals surface area contributed by atoms with E-state index in [9.17, 15) is 9.59 Å². The Kier molecular flexibility index (Phi) is 6.51. The molecule has 0 bridgehead atoms. The van der Waals surface area contributed by atoms with Gasteiger partial charge >= 0.3 is 5.97 Å². The van der Waals surface area contributed by atoms with E-state index in [2.05, 4.69) is 11.3 Å². The average molecular weight is 182 g/mol. The summed E-state index contributed by atoms with van der Waals surface area (Å²) in [6, 6.07) is 0. The normalized spacial score (nSPS) is 9.92. The maximum atomic E-state index is 10.9.